The number of ether oxygens (including phenoxy) is 2. The van der Waals surface area contributed by atoms with Crippen LogP contribution in [0.2, 0.25) is 5.02 Å². The summed E-state index contributed by atoms with van der Waals surface area (Å²) in [4.78, 5) is 42.5. The van der Waals surface area contributed by atoms with E-state index in [-0.39, 0.29) is 70.7 Å². The van der Waals surface area contributed by atoms with Crippen molar-refractivity contribution < 1.29 is 38.6 Å². The van der Waals surface area contributed by atoms with Crippen LogP contribution in [0.15, 0.2) is 82.6 Å². The van der Waals surface area contributed by atoms with Crippen LogP contribution in [0.1, 0.15) is 66.0 Å². The molecule has 2 N–H and O–H groups in total. The minimum Gasteiger partial charge on any atom is -0.508 e. The Morgan fingerprint density at radius 1 is 1.02 bits per heavy atom. The summed E-state index contributed by atoms with van der Waals surface area (Å²) in [7, 11) is 3.53. The van der Waals surface area contributed by atoms with Crippen LogP contribution in [-0.2, 0) is 19.6 Å². The van der Waals surface area contributed by atoms with Crippen LogP contribution >= 0.6 is 11.6 Å². The van der Waals surface area contributed by atoms with Crippen LogP contribution in [0.4, 0.5) is 0 Å². The summed E-state index contributed by atoms with van der Waals surface area (Å²) in [6, 6.07) is 19.3. The minimum absolute atomic E-state index is 0.0846. The Kier molecular flexibility index (Phi) is 7.74. The normalized spacial score (nSPS) is 23.1. The number of hydrogen-bond donors (Lipinski definition) is 2. The summed E-state index contributed by atoms with van der Waals surface area (Å²) < 4.78 is 17.7. The van der Waals surface area contributed by atoms with Crippen molar-refractivity contribution in [3.05, 3.63) is 122 Å². The number of nitrogens with zero attached hydrogens (tertiary/aromatic N) is 2. The Hall–Kier alpha value is -4.77. The van der Waals surface area contributed by atoms with Gasteiger partial charge in [0.1, 0.15) is 30.3 Å². The minimum atomic E-state index is -2.48. The first-order valence-electron chi connectivity index (χ1n) is 15.2. The van der Waals surface area contributed by atoms with Crippen molar-refractivity contribution >= 4 is 29.5 Å². The van der Waals surface area contributed by atoms with E-state index in [9.17, 15) is 24.6 Å². The van der Waals surface area contributed by atoms with E-state index in [4.69, 9.17) is 25.6 Å². The highest BCUT2D eigenvalue weighted by Crippen LogP contribution is 2.57. The number of aldehydes is 1. The van der Waals surface area contributed by atoms with Crippen LogP contribution in [0.5, 0.6) is 11.6 Å². The van der Waals surface area contributed by atoms with Gasteiger partial charge < -0.3 is 24.2 Å². The second kappa shape index (κ2) is 11.8. The van der Waals surface area contributed by atoms with Crippen LogP contribution < -0.4 is 9.47 Å². The Morgan fingerprint density at radius 2 is 1.66 bits per heavy atom. The standard InChI is InChI=1S/C36H31ClN2O8/c1-39(2)30-24-14-21-13-23-27(25(15-22(16-40)29(23)37)45-17-19-9-5-3-6-10-19)31(41)26(21)33(42)36(24,44)34(43)28-32(30)47-38-35(28)46-18-20-11-7-4-8-12-20/h3-12,15-16,21,24,30,42,44H,13-14,17-18H2,1-2H3/t21?,24-,30-,36-/m0/s1. The summed E-state index contributed by atoms with van der Waals surface area (Å²) in [6.45, 7) is 0.188. The molecule has 3 aliphatic carbocycles. The summed E-state index contributed by atoms with van der Waals surface area (Å²) in [5.41, 5.74) is -0.330. The van der Waals surface area contributed by atoms with Crippen molar-refractivity contribution in [2.75, 3.05) is 14.1 Å². The quantitative estimate of drug-likeness (QED) is 0.227. The van der Waals surface area contributed by atoms with Crippen LogP contribution in [0.3, 0.4) is 0 Å². The van der Waals surface area contributed by atoms with E-state index >= 15 is 0 Å². The SMILES string of the molecule is CN(C)[C@@H]1c2onc(OCc3ccccc3)c2C(=O)[C@@]2(O)C(O)=C3C(=O)c4c(OCc5ccccc5)cc(C=O)c(Cl)c4CC3C[C@@H]12. The molecule has 7 rings (SSSR count). The van der Waals surface area contributed by atoms with E-state index in [0.717, 1.165) is 11.1 Å². The van der Waals surface area contributed by atoms with Crippen molar-refractivity contribution in [2.24, 2.45) is 11.8 Å². The maximum Gasteiger partial charge on any atom is 0.265 e. The van der Waals surface area contributed by atoms with Gasteiger partial charge in [-0.05, 0) is 60.8 Å². The first kappa shape index (κ1) is 30.9. The van der Waals surface area contributed by atoms with Gasteiger partial charge in [-0.3, -0.25) is 19.3 Å². The van der Waals surface area contributed by atoms with E-state index in [0.29, 0.717) is 11.8 Å². The predicted molar refractivity (Wildman–Crippen MR) is 170 cm³/mol. The summed E-state index contributed by atoms with van der Waals surface area (Å²) >= 11 is 6.69. The molecule has 1 heterocycles. The van der Waals surface area contributed by atoms with Gasteiger partial charge in [0.15, 0.2) is 23.4 Å². The van der Waals surface area contributed by atoms with E-state index < -0.39 is 40.8 Å². The lowest BCUT2D eigenvalue weighted by Gasteiger charge is -2.49. The maximum absolute atomic E-state index is 14.4. The number of halogens is 1. The average molecular weight is 655 g/mol. The number of aliphatic hydroxyl groups is 2. The van der Waals surface area contributed by atoms with E-state index in [1.54, 1.807) is 19.0 Å². The fourth-order valence-electron chi connectivity index (χ4n) is 7.24. The Balaban J connectivity index is 1.32. The van der Waals surface area contributed by atoms with Crippen LogP contribution in [0.25, 0.3) is 0 Å². The molecule has 0 aliphatic heterocycles. The molecule has 0 bridgehead atoms. The molecular weight excluding hydrogens is 624 g/mol. The largest absolute Gasteiger partial charge is 0.508 e. The van der Waals surface area contributed by atoms with Gasteiger partial charge in [0, 0.05) is 17.1 Å². The molecule has 0 saturated carbocycles. The molecule has 3 aliphatic rings. The second-order valence-electron chi connectivity index (χ2n) is 12.4. The van der Waals surface area contributed by atoms with Gasteiger partial charge in [-0.25, -0.2) is 0 Å². The topological polar surface area (TPSA) is 139 Å². The Labute approximate surface area is 275 Å². The molecule has 0 fully saturated rings. The number of allylic oxidation sites excluding steroid dienone is 1. The van der Waals surface area contributed by atoms with Crippen LogP contribution in [0, 0.1) is 11.8 Å². The third-order valence-electron chi connectivity index (χ3n) is 9.42. The lowest BCUT2D eigenvalue weighted by molar-refractivity contribution is -0.0559. The second-order valence-corrected chi connectivity index (χ2v) is 12.7. The third kappa shape index (κ3) is 4.86. The number of carbonyl (C=O) groups is 3. The fraction of sp³-hybridized carbons (Fsp3) is 0.278. The Bertz CT molecular complexity index is 1940. The maximum atomic E-state index is 14.4. The molecule has 1 aromatic heterocycles. The highest BCUT2D eigenvalue weighted by atomic mass is 35.5. The molecule has 0 spiro atoms. The Morgan fingerprint density at radius 3 is 2.28 bits per heavy atom. The number of fused-ring (bicyclic) bond motifs is 4. The van der Waals surface area contributed by atoms with E-state index in [1.165, 1.54) is 6.07 Å². The van der Waals surface area contributed by atoms with Gasteiger partial charge in [0.2, 0.25) is 5.78 Å². The zero-order chi connectivity index (χ0) is 33.0. The van der Waals surface area contributed by atoms with Crippen molar-refractivity contribution in [1.29, 1.82) is 0 Å². The number of ketones is 2. The molecule has 47 heavy (non-hydrogen) atoms. The molecule has 1 unspecified atom stereocenters. The number of benzene rings is 3. The van der Waals surface area contributed by atoms with Gasteiger partial charge in [0.25, 0.3) is 5.88 Å². The lowest BCUT2D eigenvalue weighted by Crippen LogP contribution is -2.59. The molecule has 3 aromatic carbocycles. The van der Waals surface area contributed by atoms with Gasteiger partial charge in [-0.2, -0.15) is 0 Å². The number of carbonyl (C=O) groups excluding carboxylic acids is 3. The molecule has 4 aromatic rings. The number of aliphatic hydroxyl groups excluding tert-OH is 1. The van der Waals surface area contributed by atoms with E-state index in [1.807, 2.05) is 60.7 Å². The highest BCUT2D eigenvalue weighted by molar-refractivity contribution is 6.35. The molecule has 11 heteroatoms. The van der Waals surface area contributed by atoms with Gasteiger partial charge in [-0.15, -0.1) is 0 Å². The molecule has 0 radical (unpaired) electrons. The molecular formula is C36H31ClN2O8. The van der Waals surface area contributed by atoms with Crippen molar-refractivity contribution in [3.63, 3.8) is 0 Å². The third-order valence-corrected chi connectivity index (χ3v) is 9.87. The number of hydrogen-bond acceptors (Lipinski definition) is 10. The number of aromatic nitrogens is 1. The first-order chi connectivity index (χ1) is 22.6. The molecule has 0 saturated heterocycles. The fourth-order valence-corrected chi connectivity index (χ4v) is 7.51. The zero-order valence-electron chi connectivity index (χ0n) is 25.6. The van der Waals surface area contributed by atoms with Gasteiger partial charge >= 0.3 is 0 Å². The average Bonchev–Trinajstić information content (AvgIpc) is 3.49. The first-order valence-corrected chi connectivity index (χ1v) is 15.6. The van der Waals surface area contributed by atoms with Crippen molar-refractivity contribution in [1.82, 2.24) is 10.1 Å². The van der Waals surface area contributed by atoms with Gasteiger partial charge in [0.05, 0.1) is 16.6 Å². The molecule has 4 atom stereocenters. The van der Waals surface area contributed by atoms with Gasteiger partial charge in [-0.1, -0.05) is 72.3 Å². The number of Topliss-reactive ketones (excluding diaryl/α,β-unsaturated/α-hetero) is 2. The van der Waals surface area contributed by atoms with Crippen molar-refractivity contribution in [3.8, 4) is 11.6 Å². The zero-order valence-corrected chi connectivity index (χ0v) is 26.4. The lowest BCUT2D eigenvalue weighted by atomic mass is 9.58. The van der Waals surface area contributed by atoms with E-state index in [2.05, 4.69) is 5.16 Å². The molecule has 10 nitrogen and oxygen atoms in total. The molecule has 0 amide bonds. The van der Waals surface area contributed by atoms with Crippen molar-refractivity contribution in [2.45, 2.75) is 37.7 Å². The summed E-state index contributed by atoms with van der Waals surface area (Å²) in [6.07, 6.45) is 0.895. The summed E-state index contributed by atoms with van der Waals surface area (Å²) in [5, 5.41) is 28.4. The molecule has 240 valence electrons. The predicted octanol–water partition coefficient (Wildman–Crippen LogP) is 5.72. The number of rotatable bonds is 8. The van der Waals surface area contributed by atoms with Crippen LogP contribution in [-0.4, -0.2) is 57.8 Å². The smallest absolute Gasteiger partial charge is 0.265 e. The summed E-state index contributed by atoms with van der Waals surface area (Å²) in [5.74, 6) is -3.56. The highest BCUT2D eigenvalue weighted by Gasteiger charge is 2.64. The monoisotopic (exact) mass is 654 g/mol.